The molecule has 0 aliphatic rings. The Morgan fingerprint density at radius 2 is 2.07 bits per heavy atom. The van der Waals surface area contributed by atoms with E-state index in [9.17, 15) is 24.5 Å². The lowest BCUT2D eigenvalue weighted by Crippen LogP contribution is -2.30. The van der Waals surface area contributed by atoms with Gasteiger partial charge in [-0.2, -0.15) is 0 Å². The smallest absolute Gasteiger partial charge is 0.407 e. The maximum atomic E-state index is 11.8. The number of imidazole rings is 1. The van der Waals surface area contributed by atoms with Crippen molar-refractivity contribution >= 4 is 28.8 Å². The molecule has 1 aromatic carbocycles. The molecule has 2 heterocycles. The van der Waals surface area contributed by atoms with Crippen molar-refractivity contribution in [3.05, 3.63) is 50.2 Å². The number of hydrogen-bond acceptors (Lipinski definition) is 8. The molecular weight excluding hydrogens is 400 g/mol. The van der Waals surface area contributed by atoms with Crippen molar-refractivity contribution in [1.29, 1.82) is 0 Å². The van der Waals surface area contributed by atoms with E-state index in [4.69, 9.17) is 9.84 Å². The van der Waals surface area contributed by atoms with E-state index in [-0.39, 0.29) is 40.8 Å². The Hall–Kier alpha value is -4.29. The molecule has 4 N–H and O–H groups in total. The van der Waals surface area contributed by atoms with E-state index in [1.54, 1.807) is 13.8 Å². The van der Waals surface area contributed by atoms with Gasteiger partial charge in [0.25, 0.3) is 11.2 Å². The predicted octanol–water partition coefficient (Wildman–Crippen LogP) is 1.55. The van der Waals surface area contributed by atoms with Crippen molar-refractivity contribution < 1.29 is 24.4 Å². The van der Waals surface area contributed by atoms with E-state index in [2.05, 4.69) is 25.3 Å². The molecule has 1 amide bonds. The number of H-pyrrole nitrogens is 2. The maximum Gasteiger partial charge on any atom is 0.407 e. The van der Waals surface area contributed by atoms with Gasteiger partial charge < -0.3 is 25.1 Å². The van der Waals surface area contributed by atoms with E-state index in [1.165, 1.54) is 12.3 Å². The van der Waals surface area contributed by atoms with Crippen LogP contribution in [0.5, 0.6) is 0 Å². The Balaban J connectivity index is 1.99. The number of carboxylic acid groups (broad SMARTS) is 1. The summed E-state index contributed by atoms with van der Waals surface area (Å²) >= 11 is 0. The number of nitrogens with zero attached hydrogens (tertiary/aromatic N) is 3. The third-order valence-corrected chi connectivity index (χ3v) is 3.86. The van der Waals surface area contributed by atoms with Crippen LogP contribution in [0.2, 0.25) is 0 Å². The minimum Gasteiger partial charge on any atom is -0.476 e. The molecule has 30 heavy (non-hydrogen) atoms. The first kappa shape index (κ1) is 20.4. The van der Waals surface area contributed by atoms with Gasteiger partial charge in [0, 0.05) is 12.1 Å². The minimum absolute atomic E-state index is 0.000851. The Morgan fingerprint density at radius 3 is 2.70 bits per heavy atom. The molecule has 0 saturated carbocycles. The van der Waals surface area contributed by atoms with Crippen LogP contribution in [0, 0.1) is 10.1 Å². The van der Waals surface area contributed by atoms with Gasteiger partial charge in [0.1, 0.15) is 12.4 Å². The molecule has 3 aromatic rings. The van der Waals surface area contributed by atoms with Gasteiger partial charge in [0.2, 0.25) is 5.69 Å². The number of fused-ring (bicyclic) bond motifs is 1. The average molecular weight is 416 g/mol. The van der Waals surface area contributed by atoms with E-state index < -0.39 is 28.2 Å². The third-order valence-electron chi connectivity index (χ3n) is 3.86. The number of nitrogens with one attached hydrogen (secondary N) is 3. The maximum absolute atomic E-state index is 11.8. The van der Waals surface area contributed by atoms with Gasteiger partial charge in [-0.3, -0.25) is 14.9 Å². The molecule has 0 fully saturated rings. The molecule has 156 valence electrons. The number of carboxylic acids is 1. The number of nitro benzene ring substituents is 1. The molecule has 0 saturated heterocycles. The van der Waals surface area contributed by atoms with Crippen LogP contribution < -0.4 is 10.9 Å². The van der Waals surface area contributed by atoms with Gasteiger partial charge in [0.05, 0.1) is 33.4 Å². The summed E-state index contributed by atoms with van der Waals surface area (Å²) in [5, 5.41) is 23.1. The van der Waals surface area contributed by atoms with Crippen LogP contribution in [0.15, 0.2) is 23.1 Å². The monoisotopic (exact) mass is 416 g/mol. The lowest BCUT2D eigenvalue weighted by atomic mass is 10.1. The fourth-order valence-corrected chi connectivity index (χ4v) is 2.60. The Kier molecular flexibility index (Phi) is 5.44. The zero-order valence-electron chi connectivity index (χ0n) is 15.8. The summed E-state index contributed by atoms with van der Waals surface area (Å²) in [6.07, 6.45) is 0.710. The summed E-state index contributed by atoms with van der Waals surface area (Å²) < 4.78 is 5.02. The first-order chi connectivity index (χ1) is 14.2. The summed E-state index contributed by atoms with van der Waals surface area (Å²) in [6.45, 7) is 3.39. The van der Waals surface area contributed by atoms with Gasteiger partial charge in [-0.1, -0.05) is 0 Å². The largest absolute Gasteiger partial charge is 0.476 e. The molecule has 2 aromatic heterocycles. The van der Waals surface area contributed by atoms with Gasteiger partial charge in [0.15, 0.2) is 0 Å². The highest BCUT2D eigenvalue weighted by Gasteiger charge is 2.22. The summed E-state index contributed by atoms with van der Waals surface area (Å²) in [4.78, 5) is 58.2. The fourth-order valence-electron chi connectivity index (χ4n) is 2.60. The number of alkyl carbamates (subject to hydrolysis) is 1. The number of ether oxygens (including phenoxy) is 1. The number of carbonyl (C=O) groups is 2. The minimum atomic E-state index is -1.53. The highest BCUT2D eigenvalue weighted by molar-refractivity contribution is 5.90. The summed E-state index contributed by atoms with van der Waals surface area (Å²) in [6, 6.07) is 2.20. The van der Waals surface area contributed by atoms with Gasteiger partial charge in [-0.05, 0) is 19.9 Å². The molecule has 0 atom stereocenters. The van der Waals surface area contributed by atoms with Crippen molar-refractivity contribution in [2.24, 2.45) is 0 Å². The molecule has 13 heteroatoms. The van der Waals surface area contributed by atoms with Crippen LogP contribution in [0.4, 0.5) is 10.5 Å². The van der Waals surface area contributed by atoms with Crippen LogP contribution in [0.1, 0.15) is 30.0 Å². The lowest BCUT2D eigenvalue weighted by Gasteiger charge is -2.08. The topological polar surface area (TPSA) is 193 Å². The van der Waals surface area contributed by atoms with Crippen LogP contribution in [-0.2, 0) is 11.3 Å². The van der Waals surface area contributed by atoms with Crippen LogP contribution in [-0.4, -0.2) is 48.1 Å². The third kappa shape index (κ3) is 4.24. The van der Waals surface area contributed by atoms with Crippen molar-refractivity contribution in [1.82, 2.24) is 25.3 Å². The quantitative estimate of drug-likeness (QED) is 0.340. The molecule has 0 aliphatic heterocycles. The molecule has 0 aliphatic carbocycles. The Morgan fingerprint density at radius 1 is 1.33 bits per heavy atom. The van der Waals surface area contributed by atoms with Gasteiger partial charge in [-0.15, -0.1) is 0 Å². The van der Waals surface area contributed by atoms with Crippen LogP contribution in [0.25, 0.3) is 22.4 Å². The summed E-state index contributed by atoms with van der Waals surface area (Å²) in [5.41, 5.74) is -1.69. The van der Waals surface area contributed by atoms with E-state index in [0.717, 1.165) is 6.07 Å². The molecule has 13 nitrogen and oxygen atoms in total. The molecule has 0 spiro atoms. The van der Waals surface area contributed by atoms with Gasteiger partial charge >= 0.3 is 12.1 Å². The predicted molar refractivity (Wildman–Crippen MR) is 102 cm³/mol. The number of nitro groups is 1. The molecule has 3 rings (SSSR count). The number of aromatic nitrogens is 4. The van der Waals surface area contributed by atoms with Crippen molar-refractivity contribution in [2.75, 3.05) is 0 Å². The van der Waals surface area contributed by atoms with E-state index in [0.29, 0.717) is 5.69 Å². The number of amides is 1. The SMILES string of the molecule is CC(C)NC(=O)OCc1cnc(-c2cc3nc(C(=O)O)c(=O)[nH]c3cc2[N+](=O)[O-])[nH]1. The van der Waals surface area contributed by atoms with Crippen LogP contribution >= 0.6 is 0 Å². The zero-order valence-corrected chi connectivity index (χ0v) is 15.8. The second-order valence-corrected chi connectivity index (χ2v) is 6.50. The molecule has 0 bridgehead atoms. The number of aromatic carboxylic acids is 1. The number of carbonyl (C=O) groups excluding carboxylic acids is 1. The number of benzene rings is 1. The fraction of sp³-hybridized carbons (Fsp3) is 0.235. The second kappa shape index (κ2) is 7.98. The van der Waals surface area contributed by atoms with Crippen molar-refractivity contribution in [2.45, 2.75) is 26.5 Å². The average Bonchev–Trinajstić information content (AvgIpc) is 3.13. The molecule has 0 radical (unpaired) electrons. The Bertz CT molecular complexity index is 1210. The van der Waals surface area contributed by atoms with Crippen LogP contribution in [0.3, 0.4) is 0 Å². The summed E-state index contributed by atoms with van der Waals surface area (Å²) in [7, 11) is 0. The van der Waals surface area contributed by atoms with E-state index >= 15 is 0 Å². The number of aromatic amines is 2. The van der Waals surface area contributed by atoms with Gasteiger partial charge in [-0.25, -0.2) is 19.6 Å². The second-order valence-electron chi connectivity index (χ2n) is 6.50. The first-order valence-corrected chi connectivity index (χ1v) is 8.59. The highest BCUT2D eigenvalue weighted by atomic mass is 16.6. The normalized spacial score (nSPS) is 10.9. The number of rotatable bonds is 6. The lowest BCUT2D eigenvalue weighted by molar-refractivity contribution is -0.384. The molecular formula is C17H16N6O7. The first-order valence-electron chi connectivity index (χ1n) is 8.59. The highest BCUT2D eigenvalue weighted by Crippen LogP contribution is 2.31. The standard InChI is InChI=1S/C17H16N6O7/c1-7(2)19-17(27)30-6-8-5-18-14(20-8)9-3-10-11(4-12(9)23(28)29)22-15(24)13(21-10)16(25)26/h3-5,7H,6H2,1-2H3,(H,18,20)(H,19,27)(H,22,24)(H,25,26). The summed E-state index contributed by atoms with van der Waals surface area (Å²) in [5.74, 6) is -1.45. The Labute approximate surface area is 167 Å². The zero-order chi connectivity index (χ0) is 22.0. The molecule has 0 unspecified atom stereocenters. The van der Waals surface area contributed by atoms with Crippen molar-refractivity contribution in [3.63, 3.8) is 0 Å². The van der Waals surface area contributed by atoms with Crippen molar-refractivity contribution in [3.8, 4) is 11.4 Å². The van der Waals surface area contributed by atoms with E-state index in [1.807, 2.05) is 0 Å². The number of hydrogen-bond donors (Lipinski definition) is 4.